The number of ether oxygens (including phenoxy) is 1. The fourth-order valence-corrected chi connectivity index (χ4v) is 12.8. The quantitative estimate of drug-likeness (QED) is 0.0320. The molecule has 0 radical (unpaired) electrons. The smallest absolute Gasteiger partial charge is 0.305 e. The Labute approximate surface area is 569 Å². The van der Waals surface area contributed by atoms with E-state index in [1.165, 1.54) is 360 Å². The Kier molecular flexibility index (Phi) is 77.9. The maximum absolute atomic E-state index is 12.5. The molecule has 0 fully saturated rings. The molecule has 0 spiro atoms. The molecule has 0 aliphatic heterocycles. The lowest BCUT2D eigenvalue weighted by Gasteiger charge is -2.20. The first kappa shape index (κ1) is 88.6. The van der Waals surface area contributed by atoms with Gasteiger partial charge in [0.25, 0.3) is 0 Å². The highest BCUT2D eigenvalue weighted by atomic mass is 16.5. The molecule has 0 aromatic heterocycles. The van der Waals surface area contributed by atoms with Crippen LogP contribution in [0.15, 0.2) is 60.8 Å². The molecule has 6 heteroatoms. The summed E-state index contributed by atoms with van der Waals surface area (Å²) in [7, 11) is 0. The van der Waals surface area contributed by atoms with Crippen molar-refractivity contribution in [2.24, 2.45) is 0 Å². The molecule has 2 atom stereocenters. The molecule has 0 bridgehead atoms. The van der Waals surface area contributed by atoms with Gasteiger partial charge in [0, 0.05) is 12.8 Å². The van der Waals surface area contributed by atoms with Crippen LogP contribution in [0.3, 0.4) is 0 Å². The van der Waals surface area contributed by atoms with E-state index < -0.39 is 12.1 Å². The molecule has 0 aromatic rings. The van der Waals surface area contributed by atoms with Gasteiger partial charge in [-0.2, -0.15) is 0 Å². The van der Waals surface area contributed by atoms with E-state index in [9.17, 15) is 19.8 Å². The molecule has 1 amide bonds. The summed E-state index contributed by atoms with van der Waals surface area (Å²) in [6.45, 7) is 4.92. The topological polar surface area (TPSA) is 95.9 Å². The largest absolute Gasteiger partial charge is 0.466 e. The van der Waals surface area contributed by atoms with Gasteiger partial charge < -0.3 is 20.3 Å². The van der Waals surface area contributed by atoms with Crippen molar-refractivity contribution < 1.29 is 24.5 Å². The van der Waals surface area contributed by atoms with E-state index in [1.807, 2.05) is 6.08 Å². The van der Waals surface area contributed by atoms with Crippen molar-refractivity contribution >= 4 is 11.9 Å². The van der Waals surface area contributed by atoms with E-state index in [1.54, 1.807) is 6.08 Å². The van der Waals surface area contributed by atoms with Gasteiger partial charge in [-0.15, -0.1) is 0 Å². The molecule has 6 nitrogen and oxygen atoms in total. The van der Waals surface area contributed by atoms with Crippen molar-refractivity contribution in [2.75, 3.05) is 13.2 Å². The van der Waals surface area contributed by atoms with Crippen LogP contribution in [0.5, 0.6) is 0 Å². The second-order valence-electron chi connectivity index (χ2n) is 28.1. The highest BCUT2D eigenvalue weighted by Gasteiger charge is 2.18. The van der Waals surface area contributed by atoms with Gasteiger partial charge in [-0.3, -0.25) is 9.59 Å². The number of unbranched alkanes of at least 4 members (excludes halogenated alkanes) is 58. The molecule has 91 heavy (non-hydrogen) atoms. The highest BCUT2D eigenvalue weighted by molar-refractivity contribution is 5.76. The average Bonchev–Trinajstić information content (AvgIpc) is 3.74. The minimum Gasteiger partial charge on any atom is -0.466 e. The van der Waals surface area contributed by atoms with Crippen LogP contribution in [0.4, 0.5) is 0 Å². The van der Waals surface area contributed by atoms with Gasteiger partial charge in [0.2, 0.25) is 5.91 Å². The first-order valence-electron chi connectivity index (χ1n) is 41.1. The summed E-state index contributed by atoms with van der Waals surface area (Å²) in [6, 6.07) is -0.628. The molecule has 0 saturated carbocycles. The highest BCUT2D eigenvalue weighted by Crippen LogP contribution is 2.19. The second kappa shape index (κ2) is 80.0. The van der Waals surface area contributed by atoms with E-state index in [2.05, 4.69) is 67.8 Å². The maximum Gasteiger partial charge on any atom is 0.305 e. The van der Waals surface area contributed by atoms with Crippen LogP contribution in [0.25, 0.3) is 0 Å². The summed E-state index contributed by atoms with van der Waals surface area (Å²) in [6.07, 6.45) is 108. The summed E-state index contributed by atoms with van der Waals surface area (Å²) in [4.78, 5) is 24.7. The minimum atomic E-state index is -0.845. The summed E-state index contributed by atoms with van der Waals surface area (Å²) < 4.78 is 5.51. The van der Waals surface area contributed by atoms with Crippen LogP contribution >= 0.6 is 0 Å². The van der Waals surface area contributed by atoms with E-state index in [0.29, 0.717) is 19.4 Å². The molecule has 0 aliphatic carbocycles. The van der Waals surface area contributed by atoms with Crippen LogP contribution in [-0.2, 0) is 14.3 Å². The predicted molar refractivity (Wildman–Crippen MR) is 402 cm³/mol. The van der Waals surface area contributed by atoms with Crippen molar-refractivity contribution in [3.05, 3.63) is 60.8 Å². The second-order valence-corrected chi connectivity index (χ2v) is 28.1. The number of hydrogen-bond acceptors (Lipinski definition) is 5. The first-order chi connectivity index (χ1) is 45.0. The third-order valence-corrected chi connectivity index (χ3v) is 19.0. The van der Waals surface area contributed by atoms with E-state index >= 15 is 0 Å². The van der Waals surface area contributed by atoms with Crippen molar-refractivity contribution in [3.8, 4) is 0 Å². The van der Waals surface area contributed by atoms with E-state index in [0.717, 1.165) is 57.8 Å². The summed E-state index contributed by atoms with van der Waals surface area (Å²) >= 11 is 0. The first-order valence-corrected chi connectivity index (χ1v) is 41.1. The average molecular weight is 1280 g/mol. The third-order valence-electron chi connectivity index (χ3n) is 19.0. The summed E-state index contributed by atoms with van der Waals surface area (Å²) in [5.41, 5.74) is 0. The van der Waals surface area contributed by atoms with Crippen LogP contribution in [-0.4, -0.2) is 47.4 Å². The Morgan fingerprint density at radius 2 is 0.549 bits per heavy atom. The molecule has 0 heterocycles. The van der Waals surface area contributed by atoms with E-state index in [-0.39, 0.29) is 18.5 Å². The van der Waals surface area contributed by atoms with Gasteiger partial charge in [-0.25, -0.2) is 0 Å². The number of carbonyl (C=O) groups excluding carboxylic acids is 2. The monoisotopic (exact) mass is 1270 g/mol. The molecule has 534 valence electrons. The number of rotatable bonds is 77. The fraction of sp³-hybridized carbons (Fsp3) is 0.859. The lowest BCUT2D eigenvalue weighted by Crippen LogP contribution is -2.45. The van der Waals surface area contributed by atoms with Crippen LogP contribution in [0.1, 0.15) is 444 Å². The SMILES string of the molecule is CCCCC/C=C\C/C=C\CCCCCCCCCCCC(=O)OCCCCCCCCCCCCC/C=C\C/C=C\CCCCCCCCCCCCCCCCCCCC(=O)NC(CO)C(O)/C=C/CCCCCCCCCCCCCCCCCCCC. The number of allylic oxidation sites excluding steroid dienone is 9. The minimum absolute atomic E-state index is 0.0131. The van der Waals surface area contributed by atoms with Crippen molar-refractivity contribution in [1.82, 2.24) is 5.32 Å². The molecule has 3 N–H and O–H groups in total. The summed E-state index contributed by atoms with van der Waals surface area (Å²) in [5, 5.41) is 23.3. The van der Waals surface area contributed by atoms with Crippen LogP contribution < -0.4 is 5.32 Å². The van der Waals surface area contributed by atoms with Crippen LogP contribution in [0, 0.1) is 0 Å². The van der Waals surface area contributed by atoms with Crippen molar-refractivity contribution in [2.45, 2.75) is 456 Å². The van der Waals surface area contributed by atoms with Gasteiger partial charge in [0.1, 0.15) is 0 Å². The Bertz CT molecular complexity index is 1570. The standard InChI is InChI=1S/C85H159NO5/c1-3-5-7-9-11-13-15-17-19-21-23-42-45-49-53-57-61-65-69-73-77-83(88)82(81-87)86-84(89)78-74-70-66-62-58-54-50-46-43-39-37-35-33-31-29-27-25-24-26-28-30-32-34-36-38-40-44-48-52-56-60-64-68-72-76-80-91-85(90)79-75-71-67-63-59-55-51-47-41-22-20-18-16-14-12-10-8-6-4-2/h12,14,18,20,26,28,32,34,73,77,82-83,87-88H,3-11,13,15-17,19,21-25,27,29-31,33,35-72,74-76,78-81H2,1-2H3,(H,86,89)/b14-12-,20-18-,28-26-,34-32-,77-73+. The molecule has 0 aromatic carbocycles. The lowest BCUT2D eigenvalue weighted by atomic mass is 10.0. The number of esters is 1. The normalized spacial score (nSPS) is 12.8. The van der Waals surface area contributed by atoms with E-state index in [4.69, 9.17) is 4.74 Å². The van der Waals surface area contributed by atoms with Gasteiger partial charge in [0.05, 0.1) is 25.4 Å². The Morgan fingerprint density at radius 3 is 0.857 bits per heavy atom. The van der Waals surface area contributed by atoms with Gasteiger partial charge in [-0.05, 0) is 96.3 Å². The number of amides is 1. The zero-order valence-corrected chi connectivity index (χ0v) is 61.3. The number of hydrogen-bond donors (Lipinski definition) is 3. The van der Waals surface area contributed by atoms with Crippen molar-refractivity contribution in [1.29, 1.82) is 0 Å². The van der Waals surface area contributed by atoms with Gasteiger partial charge in [-0.1, -0.05) is 396 Å². The number of nitrogens with one attached hydrogen (secondary N) is 1. The molecule has 0 rings (SSSR count). The number of aliphatic hydroxyl groups excluding tert-OH is 2. The maximum atomic E-state index is 12.5. The molecule has 0 aliphatic rings. The number of aliphatic hydroxyl groups is 2. The molecular formula is C85H159NO5. The Hall–Kier alpha value is -2.44. The molecular weight excluding hydrogens is 1110 g/mol. The fourth-order valence-electron chi connectivity index (χ4n) is 12.8. The van der Waals surface area contributed by atoms with Crippen molar-refractivity contribution in [3.63, 3.8) is 0 Å². The summed E-state index contributed by atoms with van der Waals surface area (Å²) in [5.74, 6) is -0.0488. The van der Waals surface area contributed by atoms with Crippen LogP contribution in [0.2, 0.25) is 0 Å². The zero-order valence-electron chi connectivity index (χ0n) is 61.3. The Balaban J connectivity index is 3.39. The van der Waals surface area contributed by atoms with Gasteiger partial charge in [0.15, 0.2) is 0 Å². The zero-order chi connectivity index (χ0) is 65.6. The van der Waals surface area contributed by atoms with Gasteiger partial charge >= 0.3 is 5.97 Å². The third kappa shape index (κ3) is 76.5. The predicted octanol–water partition coefficient (Wildman–Crippen LogP) is 27.3. The Morgan fingerprint density at radius 1 is 0.308 bits per heavy atom. The molecule has 2 unspecified atom stereocenters. The number of carbonyl (C=O) groups is 2. The molecule has 0 saturated heterocycles. The lowest BCUT2D eigenvalue weighted by molar-refractivity contribution is -0.143.